The first-order valence-electron chi connectivity index (χ1n) is 6.00. The van der Waals surface area contributed by atoms with Crippen molar-refractivity contribution in [3.8, 4) is 0 Å². The smallest absolute Gasteiger partial charge is 0.0468 e. The molecule has 1 aliphatic heterocycles. The summed E-state index contributed by atoms with van der Waals surface area (Å²) in [5, 5.41) is 4.90. The van der Waals surface area contributed by atoms with Crippen LogP contribution in [0.4, 0.5) is 0 Å². The van der Waals surface area contributed by atoms with Crippen LogP contribution < -0.4 is 5.32 Å². The van der Waals surface area contributed by atoms with E-state index in [1.807, 2.05) is 18.2 Å². The van der Waals surface area contributed by atoms with E-state index in [4.69, 9.17) is 23.2 Å². The molecular formula is C13H18Cl2N2. The predicted octanol–water partition coefficient (Wildman–Crippen LogP) is 3.35. The van der Waals surface area contributed by atoms with E-state index < -0.39 is 0 Å². The van der Waals surface area contributed by atoms with Crippen LogP contribution in [0, 0.1) is 0 Å². The number of nitrogens with zero attached hydrogens (tertiary/aromatic N) is 1. The highest BCUT2D eigenvalue weighted by atomic mass is 35.5. The van der Waals surface area contributed by atoms with Gasteiger partial charge in [0.25, 0.3) is 0 Å². The van der Waals surface area contributed by atoms with Crippen molar-refractivity contribution in [3.63, 3.8) is 0 Å². The molecule has 2 nitrogen and oxygen atoms in total. The molecule has 0 aromatic heterocycles. The summed E-state index contributed by atoms with van der Waals surface area (Å²) in [6.45, 7) is 7.57. The fourth-order valence-electron chi connectivity index (χ4n) is 2.35. The molecule has 1 N–H and O–H groups in total. The van der Waals surface area contributed by atoms with E-state index in [-0.39, 0.29) is 0 Å². The number of rotatable bonds is 2. The third kappa shape index (κ3) is 3.14. The van der Waals surface area contributed by atoms with Gasteiger partial charge in [0.2, 0.25) is 0 Å². The van der Waals surface area contributed by atoms with Gasteiger partial charge in [0, 0.05) is 41.8 Å². The van der Waals surface area contributed by atoms with Crippen molar-refractivity contribution in [3.05, 3.63) is 33.8 Å². The summed E-state index contributed by atoms with van der Waals surface area (Å²) in [4.78, 5) is 2.45. The molecule has 0 saturated carbocycles. The molecule has 0 bridgehead atoms. The summed E-state index contributed by atoms with van der Waals surface area (Å²) in [5.74, 6) is 0. The maximum absolute atomic E-state index is 6.25. The third-order valence-electron chi connectivity index (χ3n) is 3.36. The second-order valence-electron chi connectivity index (χ2n) is 4.69. The maximum atomic E-state index is 6.25. The minimum Gasteiger partial charge on any atom is -0.312 e. The standard InChI is InChI=1S/C13H18Cl2N2/c1-9-8-17(6-5-16-9)10(2)12-4-3-11(14)7-13(12)15/h3-4,7,9-10,16H,5-6,8H2,1-2H3. The summed E-state index contributed by atoms with van der Waals surface area (Å²) in [7, 11) is 0. The fourth-order valence-corrected chi connectivity index (χ4v) is 2.92. The van der Waals surface area contributed by atoms with Gasteiger partial charge in [-0.25, -0.2) is 0 Å². The summed E-state index contributed by atoms with van der Waals surface area (Å²) in [5.41, 5.74) is 1.16. The lowest BCUT2D eigenvalue weighted by Crippen LogP contribution is -2.49. The molecule has 2 atom stereocenters. The molecule has 1 aromatic rings. The first-order chi connectivity index (χ1) is 8.08. The summed E-state index contributed by atoms with van der Waals surface area (Å²) >= 11 is 12.2. The minimum atomic E-state index is 0.337. The molecule has 0 amide bonds. The molecule has 0 radical (unpaired) electrons. The zero-order chi connectivity index (χ0) is 12.4. The number of halogens is 2. The predicted molar refractivity (Wildman–Crippen MR) is 73.9 cm³/mol. The van der Waals surface area contributed by atoms with Gasteiger partial charge in [-0.3, -0.25) is 4.90 Å². The van der Waals surface area contributed by atoms with E-state index >= 15 is 0 Å². The molecule has 1 heterocycles. The second-order valence-corrected chi connectivity index (χ2v) is 5.54. The van der Waals surface area contributed by atoms with E-state index in [1.165, 1.54) is 0 Å². The average Bonchev–Trinajstić information content (AvgIpc) is 2.28. The molecule has 1 aliphatic rings. The monoisotopic (exact) mass is 272 g/mol. The lowest BCUT2D eigenvalue weighted by atomic mass is 10.1. The molecule has 17 heavy (non-hydrogen) atoms. The topological polar surface area (TPSA) is 15.3 Å². The summed E-state index contributed by atoms with van der Waals surface area (Å²) in [6.07, 6.45) is 0. The quantitative estimate of drug-likeness (QED) is 0.889. The van der Waals surface area contributed by atoms with Crippen molar-refractivity contribution < 1.29 is 0 Å². The number of hydrogen-bond donors (Lipinski definition) is 1. The molecule has 1 saturated heterocycles. The Labute approximate surface area is 113 Å². The van der Waals surface area contributed by atoms with Gasteiger partial charge in [0.1, 0.15) is 0 Å². The SMILES string of the molecule is CC1CN(C(C)c2ccc(Cl)cc2Cl)CCN1. The molecule has 94 valence electrons. The van der Waals surface area contributed by atoms with Crippen LogP contribution in [-0.2, 0) is 0 Å². The fraction of sp³-hybridized carbons (Fsp3) is 0.538. The van der Waals surface area contributed by atoms with Crippen LogP contribution in [0.25, 0.3) is 0 Å². The Bertz CT molecular complexity index is 395. The number of nitrogens with one attached hydrogen (secondary N) is 1. The van der Waals surface area contributed by atoms with Gasteiger partial charge >= 0.3 is 0 Å². The highest BCUT2D eigenvalue weighted by Crippen LogP contribution is 2.30. The van der Waals surface area contributed by atoms with E-state index in [0.29, 0.717) is 17.1 Å². The Kier molecular flexibility index (Phi) is 4.31. The van der Waals surface area contributed by atoms with Crippen LogP contribution in [0.5, 0.6) is 0 Å². The summed E-state index contributed by atoms with van der Waals surface area (Å²) in [6, 6.07) is 6.63. The highest BCUT2D eigenvalue weighted by molar-refractivity contribution is 6.35. The van der Waals surface area contributed by atoms with E-state index in [0.717, 1.165) is 30.2 Å². The van der Waals surface area contributed by atoms with Gasteiger partial charge in [-0.1, -0.05) is 29.3 Å². The third-order valence-corrected chi connectivity index (χ3v) is 3.92. The molecule has 4 heteroatoms. The minimum absolute atomic E-state index is 0.337. The van der Waals surface area contributed by atoms with E-state index in [2.05, 4.69) is 24.1 Å². The normalized spacial score (nSPS) is 23.6. The lowest BCUT2D eigenvalue weighted by molar-refractivity contribution is 0.159. The summed E-state index contributed by atoms with van der Waals surface area (Å²) < 4.78 is 0. The van der Waals surface area contributed by atoms with Crippen LogP contribution in [0.2, 0.25) is 10.0 Å². The molecule has 1 fully saturated rings. The molecule has 0 spiro atoms. The molecule has 2 rings (SSSR count). The maximum Gasteiger partial charge on any atom is 0.0468 e. The Morgan fingerprint density at radius 2 is 2.18 bits per heavy atom. The second kappa shape index (κ2) is 5.57. The van der Waals surface area contributed by atoms with Crippen molar-refractivity contribution in [1.82, 2.24) is 10.2 Å². The lowest BCUT2D eigenvalue weighted by Gasteiger charge is -2.36. The van der Waals surface area contributed by atoms with Gasteiger partial charge in [0.15, 0.2) is 0 Å². The van der Waals surface area contributed by atoms with Gasteiger partial charge < -0.3 is 5.32 Å². The van der Waals surface area contributed by atoms with Gasteiger partial charge in [-0.05, 0) is 31.5 Å². The van der Waals surface area contributed by atoms with Gasteiger partial charge in [0.05, 0.1) is 0 Å². The number of hydrogen-bond acceptors (Lipinski definition) is 2. The molecule has 1 aromatic carbocycles. The zero-order valence-electron chi connectivity index (χ0n) is 10.2. The first kappa shape index (κ1) is 13.2. The van der Waals surface area contributed by atoms with Crippen LogP contribution in [0.15, 0.2) is 18.2 Å². The average molecular weight is 273 g/mol. The van der Waals surface area contributed by atoms with Crippen molar-refractivity contribution in [2.75, 3.05) is 19.6 Å². The van der Waals surface area contributed by atoms with Crippen molar-refractivity contribution in [1.29, 1.82) is 0 Å². The Balaban J connectivity index is 2.15. The van der Waals surface area contributed by atoms with Crippen LogP contribution in [0.1, 0.15) is 25.5 Å². The Hall–Kier alpha value is -0.280. The molecule has 2 unspecified atom stereocenters. The number of piperazine rings is 1. The van der Waals surface area contributed by atoms with Crippen LogP contribution >= 0.6 is 23.2 Å². The van der Waals surface area contributed by atoms with Crippen LogP contribution in [0.3, 0.4) is 0 Å². The van der Waals surface area contributed by atoms with Crippen molar-refractivity contribution >= 4 is 23.2 Å². The van der Waals surface area contributed by atoms with E-state index in [9.17, 15) is 0 Å². The zero-order valence-corrected chi connectivity index (χ0v) is 11.7. The van der Waals surface area contributed by atoms with E-state index in [1.54, 1.807) is 0 Å². The Morgan fingerprint density at radius 1 is 1.41 bits per heavy atom. The molecular weight excluding hydrogens is 255 g/mol. The van der Waals surface area contributed by atoms with Crippen molar-refractivity contribution in [2.24, 2.45) is 0 Å². The first-order valence-corrected chi connectivity index (χ1v) is 6.76. The van der Waals surface area contributed by atoms with Crippen molar-refractivity contribution in [2.45, 2.75) is 25.9 Å². The molecule has 0 aliphatic carbocycles. The van der Waals surface area contributed by atoms with Gasteiger partial charge in [-0.2, -0.15) is 0 Å². The largest absolute Gasteiger partial charge is 0.312 e. The Morgan fingerprint density at radius 3 is 2.82 bits per heavy atom. The number of benzene rings is 1. The highest BCUT2D eigenvalue weighted by Gasteiger charge is 2.22. The van der Waals surface area contributed by atoms with Crippen LogP contribution in [-0.4, -0.2) is 30.6 Å². The van der Waals surface area contributed by atoms with Gasteiger partial charge in [-0.15, -0.1) is 0 Å².